The lowest BCUT2D eigenvalue weighted by Crippen LogP contribution is -2.49. The summed E-state index contributed by atoms with van der Waals surface area (Å²) in [5.74, 6) is -0.615. The maximum atomic E-state index is 14.4. The summed E-state index contributed by atoms with van der Waals surface area (Å²) >= 11 is 0. The second kappa shape index (κ2) is 7.14. The molecule has 3 rings (SSSR count). The van der Waals surface area contributed by atoms with Gasteiger partial charge in [-0.25, -0.2) is 12.8 Å². The molecular formula is C19H22FNO3S. The minimum absolute atomic E-state index is 0.0194. The van der Waals surface area contributed by atoms with Gasteiger partial charge in [-0.2, -0.15) is 0 Å². The average Bonchev–Trinajstić information content (AvgIpc) is 2.59. The van der Waals surface area contributed by atoms with Gasteiger partial charge in [0.15, 0.2) is 0 Å². The van der Waals surface area contributed by atoms with Crippen molar-refractivity contribution in [1.29, 1.82) is 0 Å². The molecule has 2 unspecified atom stereocenters. The van der Waals surface area contributed by atoms with Crippen molar-refractivity contribution in [3.05, 3.63) is 59.9 Å². The third-order valence-corrected chi connectivity index (χ3v) is 6.52. The molecule has 1 aliphatic rings. The number of sulfonamides is 1. The first kappa shape index (κ1) is 17.9. The second-order valence-electron chi connectivity index (χ2n) is 6.48. The number of anilines is 1. The van der Waals surface area contributed by atoms with E-state index in [1.54, 1.807) is 18.2 Å². The van der Waals surface area contributed by atoms with E-state index in [0.29, 0.717) is 12.8 Å². The first-order chi connectivity index (χ1) is 11.9. The van der Waals surface area contributed by atoms with Crippen molar-refractivity contribution in [2.75, 3.05) is 4.31 Å². The van der Waals surface area contributed by atoms with Crippen LogP contribution in [0.4, 0.5) is 10.1 Å². The van der Waals surface area contributed by atoms with E-state index in [-0.39, 0.29) is 10.6 Å². The van der Waals surface area contributed by atoms with Gasteiger partial charge in [0, 0.05) is 0 Å². The summed E-state index contributed by atoms with van der Waals surface area (Å²) in [6.07, 6.45) is 1.84. The lowest BCUT2D eigenvalue weighted by atomic mass is 9.92. The summed E-state index contributed by atoms with van der Waals surface area (Å²) in [6.45, 7) is 1.87. The topological polar surface area (TPSA) is 57.6 Å². The maximum Gasteiger partial charge on any atom is 0.264 e. The molecule has 0 aromatic heterocycles. The van der Waals surface area contributed by atoms with E-state index < -0.39 is 28.0 Å². The van der Waals surface area contributed by atoms with Gasteiger partial charge in [-0.3, -0.25) is 4.31 Å². The molecule has 0 spiro atoms. The predicted molar refractivity (Wildman–Crippen MR) is 95.5 cm³/mol. The maximum absolute atomic E-state index is 14.4. The van der Waals surface area contributed by atoms with Crippen LogP contribution in [-0.2, 0) is 10.0 Å². The van der Waals surface area contributed by atoms with Gasteiger partial charge in [0.25, 0.3) is 10.0 Å². The van der Waals surface area contributed by atoms with E-state index in [1.165, 1.54) is 30.3 Å². The fourth-order valence-corrected chi connectivity index (χ4v) is 5.02. The second-order valence-corrected chi connectivity index (χ2v) is 8.30. The van der Waals surface area contributed by atoms with Crippen molar-refractivity contribution >= 4 is 15.7 Å². The predicted octanol–water partition coefficient (Wildman–Crippen LogP) is 3.63. The molecule has 134 valence electrons. The number of para-hydroxylation sites is 1. The Morgan fingerprint density at radius 2 is 1.68 bits per heavy atom. The normalized spacial score (nSPS) is 21.1. The molecule has 2 aromatic rings. The zero-order chi connectivity index (χ0) is 18.0. The fraction of sp³-hybridized carbons (Fsp3) is 0.368. The number of rotatable bonds is 4. The molecule has 0 bridgehead atoms. The van der Waals surface area contributed by atoms with E-state index in [4.69, 9.17) is 0 Å². The molecule has 0 saturated heterocycles. The molecule has 0 amide bonds. The Hall–Kier alpha value is -1.92. The van der Waals surface area contributed by atoms with Crippen molar-refractivity contribution in [1.82, 2.24) is 0 Å². The fourth-order valence-electron chi connectivity index (χ4n) is 3.31. The van der Waals surface area contributed by atoms with E-state index >= 15 is 0 Å². The Balaban J connectivity index is 2.13. The quantitative estimate of drug-likeness (QED) is 0.902. The number of hydrogen-bond donors (Lipinski definition) is 1. The van der Waals surface area contributed by atoms with Gasteiger partial charge in [-0.05, 0) is 44.0 Å². The number of aliphatic hydroxyl groups excluding tert-OH is 1. The number of hydrogen-bond acceptors (Lipinski definition) is 3. The highest BCUT2D eigenvalue weighted by molar-refractivity contribution is 7.92. The van der Waals surface area contributed by atoms with Crippen LogP contribution in [0.1, 0.15) is 31.2 Å². The summed E-state index contributed by atoms with van der Waals surface area (Å²) in [5, 5.41) is 10.4. The largest absolute Gasteiger partial charge is 0.391 e. The molecule has 1 aliphatic carbocycles. The van der Waals surface area contributed by atoms with Crippen molar-refractivity contribution < 1.29 is 17.9 Å². The number of benzene rings is 2. The average molecular weight is 363 g/mol. The highest BCUT2D eigenvalue weighted by Crippen LogP contribution is 2.34. The molecule has 2 atom stereocenters. The van der Waals surface area contributed by atoms with Gasteiger partial charge < -0.3 is 5.11 Å². The molecule has 1 N–H and O–H groups in total. The van der Waals surface area contributed by atoms with Crippen molar-refractivity contribution in [3.63, 3.8) is 0 Å². The molecular weight excluding hydrogens is 341 g/mol. The summed E-state index contributed by atoms with van der Waals surface area (Å²) in [6, 6.07) is 11.6. The van der Waals surface area contributed by atoms with Crippen LogP contribution in [0, 0.1) is 12.7 Å². The summed E-state index contributed by atoms with van der Waals surface area (Å²) in [7, 11) is -3.99. The molecule has 25 heavy (non-hydrogen) atoms. The summed E-state index contributed by atoms with van der Waals surface area (Å²) in [5.41, 5.74) is 0.920. The van der Waals surface area contributed by atoms with E-state index in [1.807, 2.05) is 6.92 Å². The molecule has 0 heterocycles. The standard InChI is InChI=1S/C19H22FNO3S/c1-14-10-12-15(13-11-14)25(23,24)21(17-7-3-2-6-16(17)20)18-8-4-5-9-19(18)22/h2-3,6-7,10-13,18-19,22H,4-5,8-9H2,1H3. The van der Waals surface area contributed by atoms with Crippen molar-refractivity contribution in [2.45, 2.75) is 49.6 Å². The SMILES string of the molecule is Cc1ccc(S(=O)(=O)N(c2ccccc2F)C2CCCCC2O)cc1. The van der Waals surface area contributed by atoms with E-state index in [9.17, 15) is 17.9 Å². The Bertz CT molecular complexity index is 836. The van der Waals surface area contributed by atoms with Crippen LogP contribution in [0.15, 0.2) is 53.4 Å². The third-order valence-electron chi connectivity index (χ3n) is 4.66. The third kappa shape index (κ3) is 3.55. The first-order valence-electron chi connectivity index (χ1n) is 8.45. The molecule has 6 heteroatoms. The minimum atomic E-state index is -3.99. The summed E-state index contributed by atoms with van der Waals surface area (Å²) in [4.78, 5) is 0.0964. The van der Waals surface area contributed by atoms with Crippen LogP contribution in [-0.4, -0.2) is 25.7 Å². The van der Waals surface area contributed by atoms with Gasteiger partial charge in [-0.1, -0.05) is 42.7 Å². The number of halogens is 1. The van der Waals surface area contributed by atoms with Gasteiger partial charge in [0.1, 0.15) is 5.82 Å². The molecule has 0 radical (unpaired) electrons. The number of aryl methyl sites for hydroxylation is 1. The molecule has 1 fully saturated rings. The Kier molecular flexibility index (Phi) is 5.11. The van der Waals surface area contributed by atoms with Crippen LogP contribution >= 0.6 is 0 Å². The Morgan fingerprint density at radius 1 is 1.04 bits per heavy atom. The number of nitrogens with zero attached hydrogens (tertiary/aromatic N) is 1. The van der Waals surface area contributed by atoms with Crippen LogP contribution in [0.5, 0.6) is 0 Å². The lowest BCUT2D eigenvalue weighted by Gasteiger charge is -2.38. The first-order valence-corrected chi connectivity index (χ1v) is 9.89. The highest BCUT2D eigenvalue weighted by Gasteiger charge is 2.38. The zero-order valence-electron chi connectivity index (χ0n) is 14.1. The summed E-state index contributed by atoms with van der Waals surface area (Å²) < 4.78 is 42.1. The molecule has 1 saturated carbocycles. The van der Waals surface area contributed by atoms with Gasteiger partial charge in [0.05, 0.1) is 22.7 Å². The van der Waals surface area contributed by atoms with Crippen LogP contribution in [0.3, 0.4) is 0 Å². The highest BCUT2D eigenvalue weighted by atomic mass is 32.2. The molecule has 0 aliphatic heterocycles. The number of aliphatic hydroxyl groups is 1. The van der Waals surface area contributed by atoms with Crippen molar-refractivity contribution in [3.8, 4) is 0 Å². The van der Waals surface area contributed by atoms with Gasteiger partial charge >= 0.3 is 0 Å². The van der Waals surface area contributed by atoms with Crippen LogP contribution < -0.4 is 4.31 Å². The van der Waals surface area contributed by atoms with E-state index in [2.05, 4.69) is 0 Å². The molecule has 2 aromatic carbocycles. The monoisotopic (exact) mass is 363 g/mol. The lowest BCUT2D eigenvalue weighted by molar-refractivity contribution is 0.110. The molecule has 4 nitrogen and oxygen atoms in total. The Morgan fingerprint density at radius 3 is 2.32 bits per heavy atom. The van der Waals surface area contributed by atoms with Crippen molar-refractivity contribution in [2.24, 2.45) is 0 Å². The smallest absolute Gasteiger partial charge is 0.264 e. The van der Waals surface area contributed by atoms with E-state index in [0.717, 1.165) is 22.7 Å². The van der Waals surface area contributed by atoms with Crippen LogP contribution in [0.2, 0.25) is 0 Å². The minimum Gasteiger partial charge on any atom is -0.391 e. The zero-order valence-corrected chi connectivity index (χ0v) is 14.9. The van der Waals surface area contributed by atoms with Gasteiger partial charge in [-0.15, -0.1) is 0 Å². The van der Waals surface area contributed by atoms with Gasteiger partial charge in [0.2, 0.25) is 0 Å². The van der Waals surface area contributed by atoms with Crippen LogP contribution in [0.25, 0.3) is 0 Å². The Labute approximate surface area is 148 Å².